The van der Waals surface area contributed by atoms with E-state index in [1.165, 1.54) is 6.26 Å². The second-order valence-corrected chi connectivity index (χ2v) is 7.90. The average Bonchev–Trinajstić information content (AvgIpc) is 3.37. The van der Waals surface area contributed by atoms with Gasteiger partial charge in [-0.25, -0.2) is 0 Å². The van der Waals surface area contributed by atoms with E-state index >= 15 is 0 Å². The minimum absolute atomic E-state index is 0.0772. The fourth-order valence-electron chi connectivity index (χ4n) is 3.94. The third kappa shape index (κ3) is 6.27. The SMILES string of the molecule is O=C(CN(CCN1CCOCC1)C(=O)C(c1ccccc1)c1ccccc1)Nc1ccon1. The van der Waals surface area contributed by atoms with Crippen LogP contribution in [0, 0.1) is 0 Å². The highest BCUT2D eigenvalue weighted by Crippen LogP contribution is 2.27. The second kappa shape index (κ2) is 11.4. The molecule has 1 aliphatic rings. The fourth-order valence-corrected chi connectivity index (χ4v) is 3.94. The van der Waals surface area contributed by atoms with Gasteiger partial charge in [-0.05, 0) is 11.1 Å². The number of anilines is 1. The molecule has 0 bridgehead atoms. The zero-order valence-electron chi connectivity index (χ0n) is 18.4. The molecule has 1 N–H and O–H groups in total. The Morgan fingerprint density at radius 2 is 1.61 bits per heavy atom. The summed E-state index contributed by atoms with van der Waals surface area (Å²) in [6, 6.07) is 20.9. The Hall–Kier alpha value is -3.49. The molecule has 0 saturated carbocycles. The lowest BCUT2D eigenvalue weighted by molar-refractivity contribution is -0.135. The van der Waals surface area contributed by atoms with E-state index in [-0.39, 0.29) is 18.4 Å². The molecule has 0 unspecified atom stereocenters. The zero-order chi connectivity index (χ0) is 22.9. The quantitative estimate of drug-likeness (QED) is 0.541. The molecule has 8 nitrogen and oxygen atoms in total. The number of amides is 2. The van der Waals surface area contributed by atoms with Crippen molar-refractivity contribution in [3.05, 3.63) is 84.1 Å². The normalized spacial score (nSPS) is 14.2. The molecule has 2 heterocycles. The van der Waals surface area contributed by atoms with Crippen LogP contribution >= 0.6 is 0 Å². The van der Waals surface area contributed by atoms with Crippen LogP contribution in [0.5, 0.6) is 0 Å². The molecule has 33 heavy (non-hydrogen) atoms. The van der Waals surface area contributed by atoms with Crippen molar-refractivity contribution in [1.82, 2.24) is 15.0 Å². The van der Waals surface area contributed by atoms with Gasteiger partial charge >= 0.3 is 0 Å². The van der Waals surface area contributed by atoms with Crippen LogP contribution in [0.4, 0.5) is 5.82 Å². The van der Waals surface area contributed by atoms with Crippen LogP contribution in [-0.4, -0.2) is 72.7 Å². The van der Waals surface area contributed by atoms with Crippen molar-refractivity contribution in [1.29, 1.82) is 0 Å². The predicted molar refractivity (Wildman–Crippen MR) is 124 cm³/mol. The van der Waals surface area contributed by atoms with E-state index in [1.54, 1.807) is 11.0 Å². The second-order valence-electron chi connectivity index (χ2n) is 7.90. The number of hydrogen-bond acceptors (Lipinski definition) is 6. The highest BCUT2D eigenvalue weighted by atomic mass is 16.5. The molecule has 1 saturated heterocycles. The number of aromatic nitrogens is 1. The average molecular weight is 449 g/mol. The van der Waals surface area contributed by atoms with Crippen LogP contribution < -0.4 is 5.32 Å². The van der Waals surface area contributed by atoms with Crippen molar-refractivity contribution >= 4 is 17.6 Å². The summed E-state index contributed by atoms with van der Waals surface area (Å²) in [5.74, 6) is -0.616. The number of carbonyl (C=O) groups is 2. The first-order valence-electron chi connectivity index (χ1n) is 11.1. The molecule has 0 aliphatic carbocycles. The third-order valence-corrected chi connectivity index (χ3v) is 5.65. The number of rotatable bonds is 9. The molecule has 1 aliphatic heterocycles. The summed E-state index contributed by atoms with van der Waals surface area (Å²) in [5.41, 5.74) is 1.78. The summed E-state index contributed by atoms with van der Waals surface area (Å²) in [6.07, 6.45) is 1.39. The lowest BCUT2D eigenvalue weighted by Crippen LogP contribution is -2.46. The molecule has 8 heteroatoms. The first-order chi connectivity index (χ1) is 16.2. The lowest BCUT2D eigenvalue weighted by atomic mass is 9.90. The van der Waals surface area contributed by atoms with Gasteiger partial charge in [0.05, 0.1) is 25.7 Å². The van der Waals surface area contributed by atoms with Crippen molar-refractivity contribution in [3.8, 4) is 0 Å². The fraction of sp³-hybridized carbons (Fsp3) is 0.320. The Kier molecular flexibility index (Phi) is 7.84. The van der Waals surface area contributed by atoms with Crippen molar-refractivity contribution in [2.75, 3.05) is 51.3 Å². The van der Waals surface area contributed by atoms with Gasteiger partial charge in [0.2, 0.25) is 11.8 Å². The minimum atomic E-state index is -0.503. The summed E-state index contributed by atoms with van der Waals surface area (Å²) in [4.78, 5) is 30.6. The van der Waals surface area contributed by atoms with E-state index in [9.17, 15) is 9.59 Å². The molecule has 1 fully saturated rings. The molecule has 0 atom stereocenters. The Morgan fingerprint density at radius 1 is 0.970 bits per heavy atom. The van der Waals surface area contributed by atoms with E-state index in [4.69, 9.17) is 9.26 Å². The Bertz CT molecular complexity index is 966. The molecular weight excluding hydrogens is 420 g/mol. The van der Waals surface area contributed by atoms with Gasteiger partial charge in [-0.1, -0.05) is 65.8 Å². The third-order valence-electron chi connectivity index (χ3n) is 5.65. The largest absolute Gasteiger partial charge is 0.379 e. The number of carbonyl (C=O) groups excluding carboxylic acids is 2. The van der Waals surface area contributed by atoms with Gasteiger partial charge < -0.3 is 19.5 Å². The summed E-state index contributed by atoms with van der Waals surface area (Å²) >= 11 is 0. The topological polar surface area (TPSA) is 87.9 Å². The van der Waals surface area contributed by atoms with E-state index < -0.39 is 5.92 Å². The molecule has 3 aromatic rings. The van der Waals surface area contributed by atoms with Gasteiger partial charge in [-0.3, -0.25) is 14.5 Å². The first kappa shape index (κ1) is 22.7. The highest BCUT2D eigenvalue weighted by molar-refractivity contribution is 5.95. The summed E-state index contributed by atoms with van der Waals surface area (Å²) in [6.45, 7) is 4.01. The van der Waals surface area contributed by atoms with Gasteiger partial charge in [0, 0.05) is 32.2 Å². The monoisotopic (exact) mass is 448 g/mol. The lowest BCUT2D eigenvalue weighted by Gasteiger charge is -2.32. The van der Waals surface area contributed by atoms with Crippen LogP contribution in [0.15, 0.2) is 77.5 Å². The van der Waals surface area contributed by atoms with Crippen LogP contribution in [0.25, 0.3) is 0 Å². The van der Waals surface area contributed by atoms with Crippen molar-refractivity contribution in [2.45, 2.75) is 5.92 Å². The molecule has 2 aromatic carbocycles. The van der Waals surface area contributed by atoms with Gasteiger partial charge in [-0.15, -0.1) is 0 Å². The van der Waals surface area contributed by atoms with E-state index in [2.05, 4.69) is 15.4 Å². The molecule has 1 aromatic heterocycles. The highest BCUT2D eigenvalue weighted by Gasteiger charge is 2.29. The van der Waals surface area contributed by atoms with Crippen LogP contribution in [0.3, 0.4) is 0 Å². The van der Waals surface area contributed by atoms with Gasteiger partial charge in [0.15, 0.2) is 5.82 Å². The van der Waals surface area contributed by atoms with Crippen LogP contribution in [0.1, 0.15) is 17.0 Å². The Balaban J connectivity index is 1.56. The summed E-state index contributed by atoms with van der Waals surface area (Å²) in [7, 11) is 0. The number of morpholine rings is 1. The van der Waals surface area contributed by atoms with E-state index in [1.807, 2.05) is 60.7 Å². The molecule has 0 spiro atoms. The zero-order valence-corrected chi connectivity index (χ0v) is 18.4. The number of benzene rings is 2. The number of nitrogens with zero attached hydrogens (tertiary/aromatic N) is 3. The predicted octanol–water partition coefficient (Wildman–Crippen LogP) is 2.61. The number of ether oxygens (including phenoxy) is 1. The van der Waals surface area contributed by atoms with Gasteiger partial charge in [0.25, 0.3) is 0 Å². The maximum atomic E-state index is 13.9. The molecule has 172 valence electrons. The van der Waals surface area contributed by atoms with Crippen molar-refractivity contribution < 1.29 is 18.8 Å². The Labute approximate surface area is 193 Å². The minimum Gasteiger partial charge on any atom is -0.379 e. The number of nitrogens with one attached hydrogen (secondary N) is 1. The summed E-state index contributed by atoms with van der Waals surface area (Å²) in [5, 5.41) is 6.42. The van der Waals surface area contributed by atoms with Gasteiger partial charge in [-0.2, -0.15) is 0 Å². The van der Waals surface area contributed by atoms with Crippen LogP contribution in [-0.2, 0) is 14.3 Å². The smallest absolute Gasteiger partial charge is 0.245 e. The van der Waals surface area contributed by atoms with Crippen molar-refractivity contribution in [2.24, 2.45) is 0 Å². The maximum Gasteiger partial charge on any atom is 0.245 e. The standard InChI is InChI=1S/C25H28N4O4/c30-23(26-22-11-16-33-27-22)19-29(13-12-28-14-17-32-18-15-28)25(31)24(20-7-3-1-4-8-20)21-9-5-2-6-10-21/h1-11,16,24H,12-15,17-19H2,(H,26,27,30). The van der Waals surface area contributed by atoms with E-state index in [0.717, 1.165) is 24.2 Å². The first-order valence-corrected chi connectivity index (χ1v) is 11.1. The van der Waals surface area contributed by atoms with Crippen LogP contribution in [0.2, 0.25) is 0 Å². The number of hydrogen-bond donors (Lipinski definition) is 1. The molecular formula is C25H28N4O4. The maximum absolute atomic E-state index is 13.9. The van der Waals surface area contributed by atoms with Gasteiger partial charge in [0.1, 0.15) is 6.26 Å². The molecule has 0 radical (unpaired) electrons. The summed E-state index contributed by atoms with van der Waals surface area (Å²) < 4.78 is 10.2. The molecule has 2 amide bonds. The van der Waals surface area contributed by atoms with Crippen molar-refractivity contribution in [3.63, 3.8) is 0 Å². The Morgan fingerprint density at radius 3 is 2.18 bits per heavy atom. The molecule has 4 rings (SSSR count). The van der Waals surface area contributed by atoms with E-state index in [0.29, 0.717) is 32.1 Å².